The van der Waals surface area contributed by atoms with Gasteiger partial charge in [0.1, 0.15) is 16.9 Å². The van der Waals surface area contributed by atoms with E-state index in [0.717, 1.165) is 24.2 Å². The molecule has 0 spiro atoms. The highest BCUT2D eigenvalue weighted by atomic mass is 35.5. The zero-order valence-corrected chi connectivity index (χ0v) is 18.1. The molecule has 2 aromatic heterocycles. The van der Waals surface area contributed by atoms with E-state index < -0.39 is 11.7 Å². The highest BCUT2D eigenvalue weighted by Crippen LogP contribution is 2.33. The Morgan fingerprint density at radius 2 is 1.75 bits per heavy atom. The van der Waals surface area contributed by atoms with Gasteiger partial charge in [-0.2, -0.15) is 18.3 Å². The SMILES string of the molecule is CCCc1nn(C)c2c(Nc3cccc(C(F)(F)F)c3)nc(-c3ccc(F)cc3)nc12.Cl. The number of rotatable bonds is 5. The molecule has 5 nitrogen and oxygen atoms in total. The monoisotopic (exact) mass is 465 g/mol. The number of hydrogen-bond acceptors (Lipinski definition) is 4. The molecule has 0 aliphatic rings. The minimum Gasteiger partial charge on any atom is -0.338 e. The van der Waals surface area contributed by atoms with Crippen LogP contribution in [0, 0.1) is 5.82 Å². The highest BCUT2D eigenvalue weighted by Gasteiger charge is 2.30. The number of nitrogens with zero attached hydrogens (tertiary/aromatic N) is 4. The summed E-state index contributed by atoms with van der Waals surface area (Å²) >= 11 is 0. The van der Waals surface area contributed by atoms with Gasteiger partial charge in [-0.25, -0.2) is 14.4 Å². The average Bonchev–Trinajstić information content (AvgIpc) is 3.04. The Hall–Kier alpha value is -3.20. The van der Waals surface area contributed by atoms with Gasteiger partial charge in [-0.1, -0.05) is 19.4 Å². The van der Waals surface area contributed by atoms with E-state index >= 15 is 0 Å². The molecule has 2 heterocycles. The standard InChI is InChI=1S/C22H19F4N5.ClH/c1-3-5-17-18-19(31(2)30-17)21(27-16-7-4-6-14(12-16)22(24,25)26)29-20(28-18)13-8-10-15(23)11-9-13;/h4,6-12H,3,5H2,1-2H3,(H,27,28,29);1H. The third-order valence-electron chi connectivity index (χ3n) is 4.79. The molecule has 4 aromatic rings. The molecule has 0 atom stereocenters. The smallest absolute Gasteiger partial charge is 0.338 e. The van der Waals surface area contributed by atoms with Crippen LogP contribution in [0.5, 0.6) is 0 Å². The van der Waals surface area contributed by atoms with Gasteiger partial charge < -0.3 is 5.32 Å². The van der Waals surface area contributed by atoms with Crippen LogP contribution in [0.15, 0.2) is 48.5 Å². The van der Waals surface area contributed by atoms with E-state index in [1.807, 2.05) is 6.92 Å². The van der Waals surface area contributed by atoms with Crippen molar-refractivity contribution < 1.29 is 17.6 Å². The lowest BCUT2D eigenvalue weighted by atomic mass is 10.1. The van der Waals surface area contributed by atoms with Gasteiger partial charge >= 0.3 is 6.18 Å². The predicted molar refractivity (Wildman–Crippen MR) is 118 cm³/mol. The topological polar surface area (TPSA) is 55.6 Å². The molecule has 32 heavy (non-hydrogen) atoms. The van der Waals surface area contributed by atoms with Crippen LogP contribution in [0.25, 0.3) is 22.4 Å². The molecule has 0 aliphatic heterocycles. The first-order chi connectivity index (χ1) is 14.8. The fraction of sp³-hybridized carbons (Fsp3) is 0.227. The van der Waals surface area contributed by atoms with Crippen LogP contribution >= 0.6 is 12.4 Å². The largest absolute Gasteiger partial charge is 0.416 e. The normalized spacial score (nSPS) is 11.4. The number of halogens is 5. The van der Waals surface area contributed by atoms with Crippen molar-refractivity contribution >= 4 is 34.9 Å². The maximum Gasteiger partial charge on any atom is 0.416 e. The van der Waals surface area contributed by atoms with Crippen molar-refractivity contribution in [2.24, 2.45) is 7.05 Å². The maximum atomic E-state index is 13.4. The van der Waals surface area contributed by atoms with E-state index in [2.05, 4.69) is 20.4 Å². The first kappa shape index (κ1) is 23.5. The number of hydrogen-bond donors (Lipinski definition) is 1. The molecule has 1 N–H and O–H groups in total. The lowest BCUT2D eigenvalue weighted by Crippen LogP contribution is -2.06. The van der Waals surface area contributed by atoms with Crippen LogP contribution < -0.4 is 5.32 Å². The minimum absolute atomic E-state index is 0. The quantitative estimate of drug-likeness (QED) is 0.351. The van der Waals surface area contributed by atoms with E-state index in [1.54, 1.807) is 23.9 Å². The Morgan fingerprint density at radius 1 is 1.03 bits per heavy atom. The lowest BCUT2D eigenvalue weighted by Gasteiger charge is -2.12. The molecule has 0 bridgehead atoms. The van der Waals surface area contributed by atoms with Gasteiger partial charge in [0.25, 0.3) is 0 Å². The Labute approximate surface area is 187 Å². The van der Waals surface area contributed by atoms with Crippen LogP contribution in [0.1, 0.15) is 24.6 Å². The molecule has 168 valence electrons. The van der Waals surface area contributed by atoms with E-state index in [1.165, 1.54) is 24.3 Å². The van der Waals surface area contributed by atoms with Crippen LogP contribution in [0.4, 0.5) is 29.1 Å². The molecule has 0 saturated heterocycles. The Balaban J connectivity index is 0.00000289. The number of alkyl halides is 3. The number of fused-ring (bicyclic) bond motifs is 1. The first-order valence-electron chi connectivity index (χ1n) is 9.70. The van der Waals surface area contributed by atoms with Crippen LogP contribution in [0.2, 0.25) is 0 Å². The zero-order valence-electron chi connectivity index (χ0n) is 17.2. The summed E-state index contributed by atoms with van der Waals surface area (Å²) in [6.45, 7) is 2.02. The number of nitrogens with one attached hydrogen (secondary N) is 1. The van der Waals surface area contributed by atoms with Crippen molar-refractivity contribution in [1.29, 1.82) is 0 Å². The second-order valence-electron chi connectivity index (χ2n) is 7.12. The van der Waals surface area contributed by atoms with Gasteiger partial charge in [-0.3, -0.25) is 4.68 Å². The minimum atomic E-state index is -4.46. The summed E-state index contributed by atoms with van der Waals surface area (Å²) in [5.41, 5.74) is 2.00. The van der Waals surface area contributed by atoms with Crippen molar-refractivity contribution in [3.63, 3.8) is 0 Å². The van der Waals surface area contributed by atoms with Crippen molar-refractivity contribution in [2.75, 3.05) is 5.32 Å². The van der Waals surface area contributed by atoms with Gasteiger partial charge in [-0.15, -0.1) is 12.4 Å². The summed E-state index contributed by atoms with van der Waals surface area (Å²) < 4.78 is 54.4. The lowest BCUT2D eigenvalue weighted by molar-refractivity contribution is -0.137. The molecule has 0 aliphatic carbocycles. The molecule has 0 saturated carbocycles. The number of aromatic nitrogens is 4. The van der Waals surface area contributed by atoms with Gasteiger partial charge in [0.15, 0.2) is 11.6 Å². The maximum absolute atomic E-state index is 13.4. The van der Waals surface area contributed by atoms with Crippen molar-refractivity contribution in [3.8, 4) is 11.4 Å². The summed E-state index contributed by atoms with van der Waals surface area (Å²) in [5.74, 6) is 0.258. The molecule has 0 unspecified atom stereocenters. The second-order valence-corrected chi connectivity index (χ2v) is 7.12. The summed E-state index contributed by atoms with van der Waals surface area (Å²) in [6, 6.07) is 10.6. The molecular weight excluding hydrogens is 446 g/mol. The van der Waals surface area contributed by atoms with Crippen LogP contribution in [-0.2, 0) is 19.6 Å². The van der Waals surface area contributed by atoms with E-state index in [0.29, 0.717) is 34.7 Å². The van der Waals surface area contributed by atoms with Gasteiger partial charge in [-0.05, 0) is 48.9 Å². The Morgan fingerprint density at radius 3 is 2.41 bits per heavy atom. The molecule has 0 radical (unpaired) electrons. The Bertz CT molecular complexity index is 1240. The van der Waals surface area contributed by atoms with E-state index in [4.69, 9.17) is 0 Å². The van der Waals surface area contributed by atoms with Crippen molar-refractivity contribution in [2.45, 2.75) is 25.9 Å². The van der Waals surface area contributed by atoms with E-state index in [9.17, 15) is 17.6 Å². The van der Waals surface area contributed by atoms with Crippen LogP contribution in [0.3, 0.4) is 0 Å². The number of anilines is 2. The molecule has 0 amide bonds. The highest BCUT2D eigenvalue weighted by molar-refractivity contribution is 5.91. The predicted octanol–water partition coefficient (Wildman–Crippen LogP) is 6.31. The third kappa shape index (κ3) is 4.67. The molecule has 10 heteroatoms. The summed E-state index contributed by atoms with van der Waals surface area (Å²) in [5, 5.41) is 7.51. The van der Waals surface area contributed by atoms with E-state index in [-0.39, 0.29) is 23.9 Å². The summed E-state index contributed by atoms with van der Waals surface area (Å²) in [7, 11) is 1.74. The molecule has 4 rings (SSSR count). The Kier molecular flexibility index (Phi) is 6.68. The van der Waals surface area contributed by atoms with Crippen molar-refractivity contribution in [1.82, 2.24) is 19.7 Å². The van der Waals surface area contributed by atoms with Gasteiger partial charge in [0, 0.05) is 18.3 Å². The fourth-order valence-electron chi connectivity index (χ4n) is 3.37. The second kappa shape index (κ2) is 9.12. The zero-order chi connectivity index (χ0) is 22.2. The van der Waals surface area contributed by atoms with Gasteiger partial charge in [0.05, 0.1) is 11.3 Å². The molecule has 2 aromatic carbocycles. The van der Waals surface area contributed by atoms with Gasteiger partial charge in [0.2, 0.25) is 0 Å². The number of aryl methyl sites for hydroxylation is 2. The molecular formula is C22H20ClF4N5. The summed E-state index contributed by atoms with van der Waals surface area (Å²) in [6.07, 6.45) is -2.93. The fourth-order valence-corrected chi connectivity index (χ4v) is 3.37. The van der Waals surface area contributed by atoms with Crippen LogP contribution in [-0.4, -0.2) is 19.7 Å². The molecule has 0 fully saturated rings. The number of benzene rings is 2. The van der Waals surface area contributed by atoms with Crippen molar-refractivity contribution in [3.05, 3.63) is 65.6 Å². The third-order valence-corrected chi connectivity index (χ3v) is 4.79. The first-order valence-corrected chi connectivity index (χ1v) is 9.70. The summed E-state index contributed by atoms with van der Waals surface area (Å²) in [4.78, 5) is 9.17. The average molecular weight is 466 g/mol.